The minimum atomic E-state index is 0.440. The summed E-state index contributed by atoms with van der Waals surface area (Å²) in [4.78, 5) is 16.1. The number of piperidine rings is 2. The monoisotopic (exact) mass is 196 g/mol. The van der Waals surface area contributed by atoms with Crippen LogP contribution in [0.1, 0.15) is 25.7 Å². The molecule has 0 saturated carbocycles. The number of hydrogen-bond acceptors (Lipinski definition) is 3. The summed E-state index contributed by atoms with van der Waals surface area (Å²) >= 11 is 0. The van der Waals surface area contributed by atoms with Crippen LogP contribution in [0.3, 0.4) is 0 Å². The summed E-state index contributed by atoms with van der Waals surface area (Å²) in [6.07, 6.45) is 4.36. The highest BCUT2D eigenvalue weighted by molar-refractivity contribution is 5.81. The molecule has 2 heterocycles. The fourth-order valence-corrected chi connectivity index (χ4v) is 2.54. The van der Waals surface area contributed by atoms with Crippen molar-refractivity contribution in [2.45, 2.75) is 31.7 Å². The lowest BCUT2D eigenvalue weighted by molar-refractivity contribution is -0.123. The fourth-order valence-electron chi connectivity index (χ4n) is 2.54. The summed E-state index contributed by atoms with van der Waals surface area (Å²) < 4.78 is 0. The van der Waals surface area contributed by atoms with Crippen LogP contribution in [0.2, 0.25) is 0 Å². The molecular formula is C11H20N2O. The minimum absolute atomic E-state index is 0.440. The van der Waals surface area contributed by atoms with Crippen molar-refractivity contribution in [3.8, 4) is 0 Å². The second kappa shape index (κ2) is 4.41. The Bertz CT molecular complexity index is 209. The predicted molar refractivity (Wildman–Crippen MR) is 56.3 cm³/mol. The van der Waals surface area contributed by atoms with Gasteiger partial charge in [-0.2, -0.15) is 0 Å². The fraction of sp³-hybridized carbons (Fsp3) is 0.909. The van der Waals surface area contributed by atoms with Crippen LogP contribution in [-0.4, -0.2) is 54.9 Å². The first kappa shape index (κ1) is 10.1. The van der Waals surface area contributed by atoms with Crippen molar-refractivity contribution in [1.29, 1.82) is 0 Å². The second-order valence-electron chi connectivity index (χ2n) is 4.65. The zero-order valence-electron chi connectivity index (χ0n) is 9.04. The molecular weight excluding hydrogens is 176 g/mol. The van der Waals surface area contributed by atoms with E-state index in [1.165, 1.54) is 25.9 Å². The molecule has 2 aliphatic heterocycles. The molecule has 0 bridgehead atoms. The average molecular weight is 196 g/mol. The van der Waals surface area contributed by atoms with Crippen LogP contribution in [0.5, 0.6) is 0 Å². The molecule has 0 amide bonds. The Kier molecular flexibility index (Phi) is 3.19. The van der Waals surface area contributed by atoms with Crippen LogP contribution in [0.4, 0.5) is 0 Å². The van der Waals surface area contributed by atoms with Crippen LogP contribution in [0, 0.1) is 0 Å². The highest BCUT2D eigenvalue weighted by Crippen LogP contribution is 2.18. The Morgan fingerprint density at radius 2 is 1.93 bits per heavy atom. The number of likely N-dealkylation sites (tertiary alicyclic amines) is 2. The van der Waals surface area contributed by atoms with Gasteiger partial charge in [-0.15, -0.1) is 0 Å². The van der Waals surface area contributed by atoms with Gasteiger partial charge < -0.3 is 4.90 Å². The largest absolute Gasteiger partial charge is 0.306 e. The van der Waals surface area contributed by atoms with E-state index in [9.17, 15) is 4.79 Å². The molecule has 14 heavy (non-hydrogen) atoms. The quantitative estimate of drug-likeness (QED) is 0.618. The zero-order valence-corrected chi connectivity index (χ0v) is 9.04. The van der Waals surface area contributed by atoms with Gasteiger partial charge in [-0.1, -0.05) is 0 Å². The number of carbonyl (C=O) groups is 1. The molecule has 0 N–H and O–H groups in total. The molecule has 2 fully saturated rings. The molecule has 0 spiro atoms. The van der Waals surface area contributed by atoms with Gasteiger partial charge in [-0.05, 0) is 45.9 Å². The molecule has 80 valence electrons. The number of Topliss-reactive ketones (excluding diaryl/α,β-unsaturated/α-hetero) is 1. The molecule has 0 unspecified atom stereocenters. The Morgan fingerprint density at radius 3 is 2.57 bits per heavy atom. The van der Waals surface area contributed by atoms with E-state index in [2.05, 4.69) is 16.8 Å². The lowest BCUT2D eigenvalue weighted by Crippen LogP contribution is -2.47. The smallest absolute Gasteiger partial charge is 0.146 e. The van der Waals surface area contributed by atoms with Crippen LogP contribution in [0.15, 0.2) is 0 Å². The van der Waals surface area contributed by atoms with E-state index in [0.29, 0.717) is 18.4 Å². The van der Waals surface area contributed by atoms with E-state index in [0.717, 1.165) is 19.4 Å². The molecule has 3 nitrogen and oxygen atoms in total. The number of carbonyl (C=O) groups excluding carboxylic acids is 1. The van der Waals surface area contributed by atoms with Gasteiger partial charge in [-0.25, -0.2) is 0 Å². The maximum absolute atomic E-state index is 11.3. The zero-order chi connectivity index (χ0) is 9.97. The molecule has 2 rings (SSSR count). The van der Waals surface area contributed by atoms with Gasteiger partial charge in [0.05, 0.1) is 6.54 Å². The molecule has 0 aromatic rings. The van der Waals surface area contributed by atoms with Crippen molar-refractivity contribution < 1.29 is 4.79 Å². The first-order valence-corrected chi connectivity index (χ1v) is 5.70. The van der Waals surface area contributed by atoms with E-state index in [1.54, 1.807) is 0 Å². The van der Waals surface area contributed by atoms with E-state index in [-0.39, 0.29) is 0 Å². The molecule has 0 aliphatic carbocycles. The van der Waals surface area contributed by atoms with Gasteiger partial charge in [0, 0.05) is 12.5 Å². The Hall–Kier alpha value is -0.410. The van der Waals surface area contributed by atoms with Crippen LogP contribution in [0.25, 0.3) is 0 Å². The van der Waals surface area contributed by atoms with Crippen molar-refractivity contribution >= 4 is 5.78 Å². The highest BCUT2D eigenvalue weighted by atomic mass is 16.1. The van der Waals surface area contributed by atoms with E-state index < -0.39 is 0 Å². The molecule has 0 atom stereocenters. The molecule has 2 aliphatic rings. The first-order chi connectivity index (χ1) is 6.75. The van der Waals surface area contributed by atoms with Crippen molar-refractivity contribution in [2.24, 2.45) is 0 Å². The van der Waals surface area contributed by atoms with Gasteiger partial charge in [0.25, 0.3) is 0 Å². The second-order valence-corrected chi connectivity index (χ2v) is 4.65. The third kappa shape index (κ3) is 2.34. The SMILES string of the molecule is CN1CCC(N2CCCC(=O)C2)CC1. The Balaban J connectivity index is 1.85. The first-order valence-electron chi connectivity index (χ1n) is 5.70. The van der Waals surface area contributed by atoms with Crippen LogP contribution >= 0.6 is 0 Å². The molecule has 0 radical (unpaired) electrons. The van der Waals surface area contributed by atoms with Gasteiger partial charge in [0.2, 0.25) is 0 Å². The lowest BCUT2D eigenvalue weighted by atomic mass is 10.00. The van der Waals surface area contributed by atoms with Gasteiger partial charge in [0.1, 0.15) is 5.78 Å². The van der Waals surface area contributed by atoms with E-state index in [1.807, 2.05) is 0 Å². The van der Waals surface area contributed by atoms with Crippen molar-refractivity contribution in [3.05, 3.63) is 0 Å². The van der Waals surface area contributed by atoms with E-state index >= 15 is 0 Å². The highest BCUT2D eigenvalue weighted by Gasteiger charge is 2.26. The third-order valence-electron chi connectivity index (χ3n) is 3.48. The summed E-state index contributed by atoms with van der Waals surface area (Å²) in [6.45, 7) is 4.24. The summed E-state index contributed by atoms with van der Waals surface area (Å²) in [6, 6.07) is 0.676. The standard InChI is InChI=1S/C11H20N2O/c1-12-7-4-10(5-8-12)13-6-2-3-11(14)9-13/h10H,2-9H2,1H3. The lowest BCUT2D eigenvalue weighted by Gasteiger charge is -2.38. The average Bonchev–Trinajstić information content (AvgIpc) is 2.19. The normalized spacial score (nSPS) is 28.2. The summed E-state index contributed by atoms with van der Waals surface area (Å²) in [5, 5.41) is 0. The maximum atomic E-state index is 11.3. The van der Waals surface area contributed by atoms with Crippen LogP contribution < -0.4 is 0 Å². The van der Waals surface area contributed by atoms with Crippen molar-refractivity contribution in [1.82, 2.24) is 9.80 Å². The van der Waals surface area contributed by atoms with Crippen LogP contribution in [-0.2, 0) is 4.79 Å². The predicted octanol–water partition coefficient (Wildman–Crippen LogP) is 0.745. The topological polar surface area (TPSA) is 23.6 Å². The molecule has 2 saturated heterocycles. The van der Waals surface area contributed by atoms with Crippen molar-refractivity contribution in [2.75, 3.05) is 33.2 Å². The summed E-state index contributed by atoms with van der Waals surface area (Å²) in [5.74, 6) is 0.440. The third-order valence-corrected chi connectivity index (χ3v) is 3.48. The molecule has 3 heteroatoms. The number of ketones is 1. The summed E-state index contributed by atoms with van der Waals surface area (Å²) in [5.41, 5.74) is 0. The number of hydrogen-bond donors (Lipinski definition) is 0. The van der Waals surface area contributed by atoms with Gasteiger partial charge >= 0.3 is 0 Å². The van der Waals surface area contributed by atoms with Gasteiger partial charge in [-0.3, -0.25) is 9.69 Å². The molecule has 0 aromatic heterocycles. The Labute approximate surface area is 86.1 Å². The van der Waals surface area contributed by atoms with Crippen molar-refractivity contribution in [3.63, 3.8) is 0 Å². The maximum Gasteiger partial charge on any atom is 0.146 e. The van der Waals surface area contributed by atoms with Gasteiger partial charge in [0.15, 0.2) is 0 Å². The van der Waals surface area contributed by atoms with E-state index in [4.69, 9.17) is 0 Å². The Morgan fingerprint density at radius 1 is 1.21 bits per heavy atom. The number of nitrogens with zero attached hydrogens (tertiary/aromatic N) is 2. The minimum Gasteiger partial charge on any atom is -0.306 e. The molecule has 0 aromatic carbocycles. The number of rotatable bonds is 1. The summed E-state index contributed by atoms with van der Waals surface area (Å²) in [7, 11) is 2.18.